The quantitative estimate of drug-likeness (QED) is 0.146. The van der Waals surface area contributed by atoms with Gasteiger partial charge < -0.3 is 9.47 Å². The lowest BCUT2D eigenvalue weighted by molar-refractivity contribution is -0.0949. The Labute approximate surface area is 227 Å². The Kier molecular flexibility index (Phi) is 15.9. The fraction of sp³-hybridized carbons (Fsp3) is 0.758. The molecule has 4 nitrogen and oxygen atoms in total. The van der Waals surface area contributed by atoms with Crippen LogP contribution in [0, 0.1) is 22.7 Å². The Bertz CT molecular complexity index is 767. The summed E-state index contributed by atoms with van der Waals surface area (Å²) in [6.45, 7) is 4.54. The lowest BCUT2D eigenvalue weighted by Crippen LogP contribution is -2.38. The second kappa shape index (κ2) is 19.0. The summed E-state index contributed by atoms with van der Waals surface area (Å²) in [4.78, 5) is 0. The maximum atomic E-state index is 9.42. The summed E-state index contributed by atoms with van der Waals surface area (Å²) in [5.74, 6) is 0.591. The zero-order chi connectivity index (χ0) is 26.6. The normalized spacial score (nSPS) is 13.4. The van der Waals surface area contributed by atoms with E-state index in [4.69, 9.17) is 9.47 Å². The van der Waals surface area contributed by atoms with E-state index < -0.39 is 5.79 Å². The van der Waals surface area contributed by atoms with Gasteiger partial charge in [0.15, 0.2) is 11.5 Å². The van der Waals surface area contributed by atoms with Crippen LogP contribution in [0.25, 0.3) is 0 Å². The predicted octanol–water partition coefficient (Wildman–Crippen LogP) is 10.5. The minimum atomic E-state index is -0.649. The zero-order valence-corrected chi connectivity index (χ0v) is 23.9. The molecule has 0 radical (unpaired) electrons. The van der Waals surface area contributed by atoms with Crippen LogP contribution in [0.15, 0.2) is 12.1 Å². The van der Waals surface area contributed by atoms with Crippen molar-refractivity contribution in [1.29, 1.82) is 10.5 Å². The van der Waals surface area contributed by atoms with Gasteiger partial charge in [0.25, 0.3) is 5.79 Å². The minimum absolute atomic E-state index is 0.360. The standard InChI is InChI=1S/C33H52N2O2/c1-3-5-7-9-11-13-15-17-19-21-23-33(24-22-20-18-16-14-12-10-8-6-4-2)36-31-25-29(27-34)30(28-35)26-32(31)37-33/h25-26H,3-24H2,1-2H3. The van der Waals surface area contributed by atoms with Crippen LogP contribution >= 0.6 is 0 Å². The Hall–Kier alpha value is -2.20. The number of benzene rings is 1. The molecule has 0 unspecified atom stereocenters. The van der Waals surface area contributed by atoms with Crippen molar-refractivity contribution in [3.63, 3.8) is 0 Å². The van der Waals surface area contributed by atoms with Crippen LogP contribution in [0.5, 0.6) is 11.5 Å². The van der Waals surface area contributed by atoms with Crippen LogP contribution in [0.2, 0.25) is 0 Å². The molecule has 206 valence electrons. The van der Waals surface area contributed by atoms with Crippen molar-refractivity contribution in [2.45, 2.75) is 161 Å². The summed E-state index contributed by atoms with van der Waals surface area (Å²) in [5.41, 5.74) is 0.719. The number of nitrogens with zero attached hydrogens (tertiary/aromatic N) is 2. The number of nitriles is 2. The van der Waals surface area contributed by atoms with Gasteiger partial charge in [0, 0.05) is 25.0 Å². The molecule has 1 aliphatic heterocycles. The monoisotopic (exact) mass is 508 g/mol. The molecule has 0 N–H and O–H groups in total. The van der Waals surface area contributed by atoms with Gasteiger partial charge in [-0.3, -0.25) is 0 Å². The highest BCUT2D eigenvalue weighted by Crippen LogP contribution is 2.45. The number of ether oxygens (including phenoxy) is 2. The third-order valence-electron chi connectivity index (χ3n) is 7.74. The van der Waals surface area contributed by atoms with Crippen molar-refractivity contribution in [2.24, 2.45) is 0 Å². The molecule has 0 saturated heterocycles. The van der Waals surface area contributed by atoms with E-state index >= 15 is 0 Å². The molecule has 0 amide bonds. The van der Waals surface area contributed by atoms with Gasteiger partial charge in [0.05, 0.1) is 11.1 Å². The number of unbranched alkanes of at least 4 members (excludes halogenated alkanes) is 18. The Morgan fingerprint density at radius 1 is 0.514 bits per heavy atom. The first-order chi connectivity index (χ1) is 18.2. The SMILES string of the molecule is CCCCCCCCCCCCC1(CCCCCCCCCCCC)Oc2cc(C#N)c(C#N)cc2O1. The molecule has 0 bridgehead atoms. The summed E-state index contributed by atoms with van der Waals surface area (Å²) in [6.07, 6.45) is 27.8. The second-order valence-electron chi connectivity index (χ2n) is 11.0. The summed E-state index contributed by atoms with van der Waals surface area (Å²) in [6, 6.07) is 7.62. The molecule has 1 aliphatic rings. The largest absolute Gasteiger partial charge is 0.448 e. The van der Waals surface area contributed by atoms with Crippen LogP contribution in [0.4, 0.5) is 0 Å². The predicted molar refractivity (Wildman–Crippen MR) is 153 cm³/mol. The van der Waals surface area contributed by atoms with Gasteiger partial charge in [-0.2, -0.15) is 10.5 Å². The molecule has 1 aromatic carbocycles. The molecule has 1 heterocycles. The van der Waals surface area contributed by atoms with Crippen LogP contribution in [0.3, 0.4) is 0 Å². The van der Waals surface area contributed by atoms with Gasteiger partial charge >= 0.3 is 0 Å². The van der Waals surface area contributed by atoms with Gasteiger partial charge in [-0.1, -0.05) is 129 Å². The van der Waals surface area contributed by atoms with Crippen molar-refractivity contribution in [3.05, 3.63) is 23.3 Å². The highest BCUT2D eigenvalue weighted by atomic mass is 16.7. The van der Waals surface area contributed by atoms with E-state index in [1.54, 1.807) is 12.1 Å². The summed E-state index contributed by atoms with van der Waals surface area (Å²) in [5, 5.41) is 18.8. The van der Waals surface area contributed by atoms with E-state index in [-0.39, 0.29) is 0 Å². The Morgan fingerprint density at radius 2 is 0.811 bits per heavy atom. The molecular weight excluding hydrogens is 456 g/mol. The molecule has 4 heteroatoms. The summed E-state index contributed by atoms with van der Waals surface area (Å²) >= 11 is 0. The number of hydrogen-bond acceptors (Lipinski definition) is 4. The van der Waals surface area contributed by atoms with E-state index in [2.05, 4.69) is 26.0 Å². The molecule has 0 saturated carbocycles. The van der Waals surface area contributed by atoms with Crippen LogP contribution in [-0.2, 0) is 0 Å². The first-order valence-electron chi connectivity index (χ1n) is 15.5. The molecule has 0 aliphatic carbocycles. The first kappa shape index (κ1) is 31.0. The number of rotatable bonds is 22. The van der Waals surface area contributed by atoms with Gasteiger partial charge in [-0.25, -0.2) is 0 Å². The fourth-order valence-corrected chi connectivity index (χ4v) is 5.42. The number of fused-ring (bicyclic) bond motifs is 1. The summed E-state index contributed by atoms with van der Waals surface area (Å²) in [7, 11) is 0. The minimum Gasteiger partial charge on any atom is -0.448 e. The molecule has 0 atom stereocenters. The lowest BCUT2D eigenvalue weighted by Gasteiger charge is -2.28. The van der Waals surface area contributed by atoms with Gasteiger partial charge in [0.1, 0.15) is 12.1 Å². The van der Waals surface area contributed by atoms with Gasteiger partial charge in [-0.05, 0) is 12.8 Å². The topological polar surface area (TPSA) is 66.0 Å². The van der Waals surface area contributed by atoms with E-state index in [1.807, 2.05) is 0 Å². The van der Waals surface area contributed by atoms with E-state index in [9.17, 15) is 10.5 Å². The van der Waals surface area contributed by atoms with Crippen molar-refractivity contribution < 1.29 is 9.47 Å². The maximum Gasteiger partial charge on any atom is 0.251 e. The number of hydrogen-bond donors (Lipinski definition) is 0. The molecule has 37 heavy (non-hydrogen) atoms. The second-order valence-corrected chi connectivity index (χ2v) is 11.0. The van der Waals surface area contributed by atoms with Crippen LogP contribution in [0.1, 0.15) is 166 Å². The lowest BCUT2D eigenvalue weighted by atomic mass is 9.98. The molecule has 2 rings (SSSR count). The zero-order valence-electron chi connectivity index (χ0n) is 23.9. The average molecular weight is 509 g/mol. The van der Waals surface area contributed by atoms with E-state index in [1.165, 1.54) is 116 Å². The fourth-order valence-electron chi connectivity index (χ4n) is 5.42. The average Bonchev–Trinajstić information content (AvgIpc) is 3.27. The Morgan fingerprint density at radius 3 is 1.11 bits per heavy atom. The first-order valence-corrected chi connectivity index (χ1v) is 15.5. The molecule has 0 spiro atoms. The van der Waals surface area contributed by atoms with E-state index in [0.29, 0.717) is 22.6 Å². The highest BCUT2D eigenvalue weighted by Gasteiger charge is 2.41. The van der Waals surface area contributed by atoms with Crippen molar-refractivity contribution in [1.82, 2.24) is 0 Å². The Balaban J connectivity index is 1.78. The highest BCUT2D eigenvalue weighted by molar-refractivity contribution is 5.57. The molecule has 1 aromatic rings. The summed E-state index contributed by atoms with van der Waals surface area (Å²) < 4.78 is 12.8. The van der Waals surface area contributed by atoms with Gasteiger partial charge in [-0.15, -0.1) is 0 Å². The third kappa shape index (κ3) is 11.8. The van der Waals surface area contributed by atoms with Crippen molar-refractivity contribution >= 4 is 0 Å². The molecule has 0 fully saturated rings. The maximum absolute atomic E-state index is 9.42. The van der Waals surface area contributed by atoms with Crippen molar-refractivity contribution in [2.75, 3.05) is 0 Å². The smallest absolute Gasteiger partial charge is 0.251 e. The van der Waals surface area contributed by atoms with E-state index in [0.717, 1.165) is 25.7 Å². The van der Waals surface area contributed by atoms with Crippen LogP contribution in [-0.4, -0.2) is 5.79 Å². The van der Waals surface area contributed by atoms with Gasteiger partial charge in [0.2, 0.25) is 0 Å². The van der Waals surface area contributed by atoms with Crippen molar-refractivity contribution in [3.8, 4) is 23.6 Å². The third-order valence-corrected chi connectivity index (χ3v) is 7.74. The van der Waals surface area contributed by atoms with Crippen LogP contribution < -0.4 is 9.47 Å². The molecule has 0 aromatic heterocycles. The molecular formula is C33H52N2O2.